The lowest BCUT2D eigenvalue weighted by molar-refractivity contribution is -0.138. The van der Waals surface area contributed by atoms with Gasteiger partial charge in [0.05, 0.1) is 31.5 Å². The average Bonchev–Trinajstić information content (AvgIpc) is 2.81. The molecular weight excluding hydrogens is 232 g/mol. The fraction of sp³-hybridized carbons (Fsp3) is 0.846. The number of ether oxygens (including phenoxy) is 2. The van der Waals surface area contributed by atoms with E-state index in [-0.39, 0.29) is 12.0 Å². The van der Waals surface area contributed by atoms with Crippen LogP contribution in [0.4, 0.5) is 0 Å². The van der Waals surface area contributed by atoms with Gasteiger partial charge in [0, 0.05) is 13.0 Å². The number of hydrogen-bond acceptors (Lipinski definition) is 4. The maximum absolute atomic E-state index is 12.1. The summed E-state index contributed by atoms with van der Waals surface area (Å²) < 4.78 is 10.9. The van der Waals surface area contributed by atoms with Crippen molar-refractivity contribution in [2.45, 2.75) is 50.9 Å². The van der Waals surface area contributed by atoms with E-state index in [0.29, 0.717) is 32.3 Å². The predicted molar refractivity (Wildman–Crippen MR) is 64.7 cm³/mol. The summed E-state index contributed by atoms with van der Waals surface area (Å²) in [5.74, 6) is 0.0491. The highest BCUT2D eigenvalue weighted by molar-refractivity contribution is 5.77. The van der Waals surface area contributed by atoms with Gasteiger partial charge in [-0.05, 0) is 26.2 Å². The molecule has 0 unspecified atom stereocenters. The van der Waals surface area contributed by atoms with E-state index in [4.69, 9.17) is 14.7 Å². The van der Waals surface area contributed by atoms with Gasteiger partial charge in [0.2, 0.25) is 5.91 Å². The zero-order chi connectivity index (χ0) is 13.0. The topological polar surface area (TPSA) is 62.6 Å². The predicted octanol–water partition coefficient (Wildman–Crippen LogP) is 1.09. The fourth-order valence-electron chi connectivity index (χ4n) is 2.53. The van der Waals surface area contributed by atoms with Crippen LogP contribution in [0.2, 0.25) is 0 Å². The third-order valence-corrected chi connectivity index (χ3v) is 3.60. The zero-order valence-electron chi connectivity index (χ0n) is 10.8. The van der Waals surface area contributed by atoms with Crippen LogP contribution in [-0.2, 0) is 14.3 Å². The largest absolute Gasteiger partial charge is 0.376 e. The molecule has 0 N–H and O–H groups in total. The molecule has 0 aromatic carbocycles. The van der Waals surface area contributed by atoms with Gasteiger partial charge in [-0.15, -0.1) is 0 Å². The molecular formula is C13H20N2O3. The Balaban J connectivity index is 1.78. The van der Waals surface area contributed by atoms with Gasteiger partial charge in [0.25, 0.3) is 0 Å². The van der Waals surface area contributed by atoms with Crippen molar-refractivity contribution >= 4 is 5.91 Å². The van der Waals surface area contributed by atoms with Crippen LogP contribution < -0.4 is 0 Å². The second-order valence-electron chi connectivity index (χ2n) is 4.99. The minimum atomic E-state index is -0.422. The first kappa shape index (κ1) is 13.3. The molecule has 5 heteroatoms. The van der Waals surface area contributed by atoms with Crippen LogP contribution in [-0.4, -0.2) is 48.8 Å². The normalized spacial score (nSPS) is 32.2. The zero-order valence-corrected chi connectivity index (χ0v) is 10.8. The summed E-state index contributed by atoms with van der Waals surface area (Å²) in [5, 5.41) is 8.98. The van der Waals surface area contributed by atoms with E-state index >= 15 is 0 Å². The Morgan fingerprint density at radius 1 is 1.50 bits per heavy atom. The molecule has 0 aliphatic carbocycles. The molecule has 5 nitrogen and oxygen atoms in total. The highest BCUT2D eigenvalue weighted by atomic mass is 16.5. The van der Waals surface area contributed by atoms with Crippen LogP contribution in [0.25, 0.3) is 0 Å². The van der Waals surface area contributed by atoms with Crippen molar-refractivity contribution in [1.82, 2.24) is 4.90 Å². The summed E-state index contributed by atoms with van der Waals surface area (Å²) in [4.78, 5) is 13.7. The minimum Gasteiger partial charge on any atom is -0.376 e. The monoisotopic (exact) mass is 252 g/mol. The lowest BCUT2D eigenvalue weighted by Crippen LogP contribution is -2.48. The number of nitriles is 1. The summed E-state index contributed by atoms with van der Waals surface area (Å²) in [7, 11) is 0. The van der Waals surface area contributed by atoms with E-state index in [1.54, 1.807) is 4.90 Å². The van der Waals surface area contributed by atoms with E-state index in [2.05, 4.69) is 13.0 Å². The van der Waals surface area contributed by atoms with Crippen molar-refractivity contribution < 1.29 is 14.3 Å². The van der Waals surface area contributed by atoms with E-state index in [0.717, 1.165) is 19.3 Å². The highest BCUT2D eigenvalue weighted by Gasteiger charge is 2.28. The van der Waals surface area contributed by atoms with E-state index in [9.17, 15) is 4.79 Å². The Bertz CT molecular complexity index is 340. The van der Waals surface area contributed by atoms with Crippen LogP contribution in [0, 0.1) is 11.3 Å². The van der Waals surface area contributed by atoms with E-state index in [1.807, 2.05) is 0 Å². The third kappa shape index (κ3) is 3.21. The van der Waals surface area contributed by atoms with Crippen molar-refractivity contribution in [2.75, 3.05) is 19.8 Å². The number of rotatable bonds is 3. The van der Waals surface area contributed by atoms with Crippen molar-refractivity contribution in [1.29, 1.82) is 5.26 Å². The van der Waals surface area contributed by atoms with Gasteiger partial charge in [-0.2, -0.15) is 5.26 Å². The molecule has 0 spiro atoms. The summed E-state index contributed by atoms with van der Waals surface area (Å²) >= 11 is 0. The van der Waals surface area contributed by atoms with Crippen LogP contribution in [0.5, 0.6) is 0 Å². The van der Waals surface area contributed by atoms with Crippen molar-refractivity contribution in [2.24, 2.45) is 0 Å². The van der Waals surface area contributed by atoms with Gasteiger partial charge >= 0.3 is 0 Å². The Hall–Kier alpha value is -1.12. The smallest absolute Gasteiger partial charge is 0.223 e. The van der Waals surface area contributed by atoms with Gasteiger partial charge in [-0.3, -0.25) is 4.79 Å². The van der Waals surface area contributed by atoms with Crippen LogP contribution in [0.1, 0.15) is 32.6 Å². The first-order valence-corrected chi connectivity index (χ1v) is 6.63. The lowest BCUT2D eigenvalue weighted by Gasteiger charge is -2.31. The fourth-order valence-corrected chi connectivity index (χ4v) is 2.53. The van der Waals surface area contributed by atoms with Gasteiger partial charge in [0.15, 0.2) is 0 Å². The number of hydrogen-bond donors (Lipinski definition) is 0. The molecule has 100 valence electrons. The quantitative estimate of drug-likeness (QED) is 0.754. The first-order valence-electron chi connectivity index (χ1n) is 6.63. The summed E-state index contributed by atoms with van der Waals surface area (Å²) in [6.07, 6.45) is 3.89. The number of morpholine rings is 1. The van der Waals surface area contributed by atoms with Crippen LogP contribution in [0.15, 0.2) is 0 Å². The number of nitrogens with zero attached hydrogens (tertiary/aromatic N) is 2. The average molecular weight is 252 g/mol. The number of carbonyl (C=O) groups excluding carboxylic acids is 1. The Morgan fingerprint density at radius 3 is 3.00 bits per heavy atom. The Kier molecular flexibility index (Phi) is 4.56. The molecule has 18 heavy (non-hydrogen) atoms. The van der Waals surface area contributed by atoms with Crippen LogP contribution >= 0.6 is 0 Å². The van der Waals surface area contributed by atoms with E-state index < -0.39 is 6.04 Å². The molecule has 0 bridgehead atoms. The van der Waals surface area contributed by atoms with Crippen LogP contribution in [0.3, 0.4) is 0 Å². The second kappa shape index (κ2) is 6.17. The molecule has 2 rings (SSSR count). The highest BCUT2D eigenvalue weighted by Crippen LogP contribution is 2.23. The summed E-state index contributed by atoms with van der Waals surface area (Å²) in [6, 6.07) is 1.70. The van der Waals surface area contributed by atoms with Gasteiger partial charge in [0.1, 0.15) is 6.04 Å². The van der Waals surface area contributed by atoms with Crippen molar-refractivity contribution in [3.05, 3.63) is 0 Å². The Labute approximate surface area is 108 Å². The van der Waals surface area contributed by atoms with Gasteiger partial charge in [-0.1, -0.05) is 0 Å². The Morgan fingerprint density at radius 2 is 2.33 bits per heavy atom. The molecule has 0 aromatic rings. The summed E-state index contributed by atoms with van der Waals surface area (Å²) in [5.41, 5.74) is 0. The third-order valence-electron chi connectivity index (χ3n) is 3.60. The molecule has 2 fully saturated rings. The molecule has 0 radical (unpaired) electrons. The number of carbonyl (C=O) groups is 1. The first-order chi connectivity index (χ1) is 8.70. The minimum absolute atomic E-state index is 0.0491. The number of amides is 1. The SMILES string of the molecule is C[C@@H]1CC[C@H](CCC(=O)N2CCOC[C@H]2C#N)O1. The molecule has 2 aliphatic rings. The molecule has 1 amide bonds. The molecule has 2 aliphatic heterocycles. The lowest BCUT2D eigenvalue weighted by atomic mass is 10.1. The van der Waals surface area contributed by atoms with Gasteiger partial charge < -0.3 is 14.4 Å². The molecule has 0 aromatic heterocycles. The molecule has 2 heterocycles. The van der Waals surface area contributed by atoms with Gasteiger partial charge in [-0.25, -0.2) is 0 Å². The maximum atomic E-state index is 12.1. The molecule has 0 saturated carbocycles. The van der Waals surface area contributed by atoms with Crippen molar-refractivity contribution in [3.8, 4) is 6.07 Å². The molecule has 2 saturated heterocycles. The van der Waals surface area contributed by atoms with E-state index in [1.165, 1.54) is 0 Å². The molecule has 3 atom stereocenters. The summed E-state index contributed by atoms with van der Waals surface area (Å²) in [6.45, 7) is 3.45. The standard InChI is InChI=1S/C13H20N2O3/c1-10-2-3-12(18-10)4-5-13(16)15-6-7-17-9-11(15)8-14/h10-12H,2-7,9H2,1H3/t10-,11-,12-/m1/s1. The maximum Gasteiger partial charge on any atom is 0.223 e. The van der Waals surface area contributed by atoms with Crippen molar-refractivity contribution in [3.63, 3.8) is 0 Å². The second-order valence-corrected chi connectivity index (χ2v) is 4.99.